The SMILES string of the molecule is CCCC(NC(=O)[C@@H]1C[C@@H]2CN1C(=O)[C@H](C1Cc3ccccc3C1)NC(=O)Cc1cccc(c1)OCCC(C)(C)O2)C(=O)C(=O)NCC(=O)N[C@H](C(=O)N(C)C)c1ccccc1. The first-order valence-electron chi connectivity index (χ1n) is 21.4. The zero-order chi connectivity index (χ0) is 44.6. The third kappa shape index (κ3) is 11.4. The Morgan fingerprint density at radius 2 is 1.61 bits per heavy atom. The van der Waals surface area contributed by atoms with Crippen LogP contribution in [0.1, 0.15) is 74.8 Å². The highest BCUT2D eigenvalue weighted by Gasteiger charge is 2.47. The Labute approximate surface area is 362 Å². The zero-order valence-electron chi connectivity index (χ0n) is 36.1. The molecule has 6 amide bonds. The predicted molar refractivity (Wildman–Crippen MR) is 229 cm³/mol. The number of ether oxygens (including phenoxy) is 2. The third-order valence-corrected chi connectivity index (χ3v) is 11.7. The van der Waals surface area contributed by atoms with Crippen molar-refractivity contribution in [3.05, 3.63) is 101 Å². The summed E-state index contributed by atoms with van der Waals surface area (Å²) < 4.78 is 12.6. The Kier molecular flexibility index (Phi) is 14.8. The molecule has 3 aromatic carbocycles. The molecular formula is C47H58N6O9. The maximum atomic E-state index is 14.9. The second-order valence-corrected chi connectivity index (χ2v) is 17.2. The van der Waals surface area contributed by atoms with Crippen molar-refractivity contribution in [2.75, 3.05) is 33.8 Å². The molecule has 2 heterocycles. The zero-order valence-corrected chi connectivity index (χ0v) is 36.1. The summed E-state index contributed by atoms with van der Waals surface area (Å²) in [5.41, 5.74) is 2.72. The fourth-order valence-electron chi connectivity index (χ4n) is 8.48. The standard InChI is InChI=1S/C47H58N6O9/c1-6-13-36(42(56)44(58)48-27-39(55)51-40(45(59)52(4)5)30-15-8-7-9-16-30)49-43(57)37-26-35-28-53(37)46(60)41(33-24-31-17-10-11-18-32(31)25-33)50-38(54)23-29-14-12-19-34(22-29)61-21-20-47(2,3)62-35/h7-12,14-19,22,33,35-37,40-41H,6,13,20-21,23-28H2,1-5H3,(H,48,58)(H,49,57)(H,50,54)(H,51,55)/t35-,36?,37+,40+,41+/m1/s1. The molecule has 3 aromatic rings. The molecule has 3 aliphatic rings. The van der Waals surface area contributed by atoms with E-state index in [1.54, 1.807) is 51.4 Å². The van der Waals surface area contributed by atoms with Gasteiger partial charge in [0.05, 0.1) is 37.3 Å². The van der Waals surface area contributed by atoms with E-state index in [2.05, 4.69) is 21.3 Å². The molecule has 2 aliphatic heterocycles. The monoisotopic (exact) mass is 850 g/mol. The molecule has 0 aromatic heterocycles. The molecule has 62 heavy (non-hydrogen) atoms. The van der Waals surface area contributed by atoms with Crippen molar-refractivity contribution < 1.29 is 43.0 Å². The van der Waals surface area contributed by atoms with Crippen LogP contribution in [0.15, 0.2) is 78.9 Å². The second kappa shape index (κ2) is 20.2. The number of amides is 6. The minimum absolute atomic E-state index is 0.00808. The van der Waals surface area contributed by atoms with Crippen LogP contribution in [0.5, 0.6) is 5.75 Å². The van der Waals surface area contributed by atoms with E-state index in [4.69, 9.17) is 9.47 Å². The number of carbonyl (C=O) groups is 7. The van der Waals surface area contributed by atoms with Gasteiger partial charge in [-0.05, 0) is 73.4 Å². The van der Waals surface area contributed by atoms with Gasteiger partial charge in [-0.15, -0.1) is 0 Å². The number of hydrogen-bond donors (Lipinski definition) is 4. The molecule has 0 saturated carbocycles. The summed E-state index contributed by atoms with van der Waals surface area (Å²) >= 11 is 0. The van der Waals surface area contributed by atoms with Crippen LogP contribution >= 0.6 is 0 Å². The van der Waals surface area contributed by atoms with Crippen LogP contribution in [0.4, 0.5) is 0 Å². The molecule has 330 valence electrons. The highest BCUT2D eigenvalue weighted by Crippen LogP contribution is 2.33. The van der Waals surface area contributed by atoms with Crippen LogP contribution in [0.3, 0.4) is 0 Å². The largest absolute Gasteiger partial charge is 0.493 e. The number of hydrogen-bond acceptors (Lipinski definition) is 9. The summed E-state index contributed by atoms with van der Waals surface area (Å²) in [4.78, 5) is 98.8. The van der Waals surface area contributed by atoms with Gasteiger partial charge >= 0.3 is 0 Å². The van der Waals surface area contributed by atoms with Crippen molar-refractivity contribution in [3.8, 4) is 5.75 Å². The molecule has 6 rings (SSSR count). The van der Waals surface area contributed by atoms with Crippen molar-refractivity contribution in [1.82, 2.24) is 31.1 Å². The number of Topliss-reactive ketones (excluding diaryl/α,β-unsaturated/α-hetero) is 1. The molecule has 1 saturated heterocycles. The molecule has 1 unspecified atom stereocenters. The van der Waals surface area contributed by atoms with Crippen molar-refractivity contribution in [1.29, 1.82) is 0 Å². The average molecular weight is 851 g/mol. The topological polar surface area (TPSA) is 193 Å². The minimum Gasteiger partial charge on any atom is -0.493 e. The summed E-state index contributed by atoms with van der Waals surface area (Å²) in [6.07, 6.45) is 1.63. The van der Waals surface area contributed by atoms with Crippen LogP contribution in [0, 0.1) is 5.92 Å². The van der Waals surface area contributed by atoms with E-state index in [0.29, 0.717) is 49.2 Å². The normalized spacial score (nSPS) is 21.0. The van der Waals surface area contributed by atoms with E-state index in [1.165, 1.54) is 9.80 Å². The number of fused-ring (bicyclic) bond motifs is 5. The van der Waals surface area contributed by atoms with E-state index in [1.807, 2.05) is 62.4 Å². The lowest BCUT2D eigenvalue weighted by molar-refractivity contribution is -0.144. The number of likely N-dealkylation sites (N-methyl/N-ethyl adjacent to an activating group) is 1. The number of nitrogens with zero attached hydrogens (tertiary/aromatic N) is 2. The maximum Gasteiger partial charge on any atom is 0.290 e. The lowest BCUT2D eigenvalue weighted by atomic mass is 9.94. The Morgan fingerprint density at radius 3 is 2.29 bits per heavy atom. The van der Waals surface area contributed by atoms with E-state index in [0.717, 1.165) is 11.1 Å². The van der Waals surface area contributed by atoms with Gasteiger partial charge in [-0.3, -0.25) is 33.6 Å². The summed E-state index contributed by atoms with van der Waals surface area (Å²) in [5.74, 6) is -4.27. The number of carbonyl (C=O) groups excluding carboxylic acids is 7. The van der Waals surface area contributed by atoms with Gasteiger partial charge in [0.25, 0.3) is 5.91 Å². The molecule has 1 fully saturated rings. The molecular weight excluding hydrogens is 793 g/mol. The average Bonchev–Trinajstić information content (AvgIpc) is 3.87. The van der Waals surface area contributed by atoms with Crippen molar-refractivity contribution in [2.45, 2.75) is 102 Å². The lowest BCUT2D eigenvalue weighted by Gasteiger charge is -2.32. The molecule has 4 bridgehead atoms. The van der Waals surface area contributed by atoms with E-state index >= 15 is 0 Å². The first kappa shape index (κ1) is 45.4. The van der Waals surface area contributed by atoms with Crippen LogP contribution < -0.4 is 26.0 Å². The molecule has 0 radical (unpaired) electrons. The van der Waals surface area contributed by atoms with E-state index in [-0.39, 0.29) is 43.5 Å². The van der Waals surface area contributed by atoms with E-state index < -0.39 is 71.8 Å². The third-order valence-electron chi connectivity index (χ3n) is 11.7. The second-order valence-electron chi connectivity index (χ2n) is 17.2. The van der Waals surface area contributed by atoms with Gasteiger partial charge in [0.2, 0.25) is 35.3 Å². The molecule has 0 spiro atoms. The number of nitrogens with one attached hydrogen (secondary N) is 4. The van der Waals surface area contributed by atoms with Gasteiger partial charge in [0, 0.05) is 33.5 Å². The van der Waals surface area contributed by atoms with Crippen molar-refractivity contribution in [3.63, 3.8) is 0 Å². The first-order valence-corrected chi connectivity index (χ1v) is 21.4. The van der Waals surface area contributed by atoms with Crippen molar-refractivity contribution >= 4 is 41.2 Å². The van der Waals surface area contributed by atoms with Crippen LogP contribution in [0.2, 0.25) is 0 Å². The molecule has 4 N–H and O–H groups in total. The van der Waals surface area contributed by atoms with Gasteiger partial charge in [-0.2, -0.15) is 0 Å². The van der Waals surface area contributed by atoms with Gasteiger partial charge < -0.3 is 40.5 Å². The molecule has 15 nitrogen and oxygen atoms in total. The van der Waals surface area contributed by atoms with Crippen LogP contribution in [-0.4, -0.2) is 115 Å². The predicted octanol–water partition coefficient (Wildman–Crippen LogP) is 2.59. The first-order chi connectivity index (χ1) is 29.6. The smallest absolute Gasteiger partial charge is 0.290 e. The lowest BCUT2D eigenvalue weighted by Crippen LogP contribution is -2.58. The summed E-state index contributed by atoms with van der Waals surface area (Å²) in [7, 11) is 3.12. The highest BCUT2D eigenvalue weighted by molar-refractivity contribution is 6.38. The quantitative estimate of drug-likeness (QED) is 0.199. The summed E-state index contributed by atoms with van der Waals surface area (Å²) in [6, 6.07) is 19.5. The maximum absolute atomic E-state index is 14.9. The van der Waals surface area contributed by atoms with Crippen molar-refractivity contribution in [2.24, 2.45) is 5.92 Å². The number of ketones is 1. The van der Waals surface area contributed by atoms with Gasteiger partial charge in [0.1, 0.15) is 23.9 Å². The molecule has 1 aliphatic carbocycles. The minimum atomic E-state index is -1.27. The number of rotatable bonds is 12. The Morgan fingerprint density at radius 1 is 0.919 bits per heavy atom. The van der Waals surface area contributed by atoms with Gasteiger partial charge in [-0.1, -0.05) is 80.1 Å². The van der Waals surface area contributed by atoms with E-state index in [9.17, 15) is 33.6 Å². The number of benzene rings is 3. The fraction of sp³-hybridized carbons (Fsp3) is 0.468. The van der Waals surface area contributed by atoms with Crippen LogP contribution in [0.25, 0.3) is 0 Å². The molecule has 15 heteroatoms. The molecule has 5 atom stereocenters. The van der Waals surface area contributed by atoms with Gasteiger partial charge in [-0.25, -0.2) is 0 Å². The Hall–Kier alpha value is -6.09. The Bertz CT molecular complexity index is 2120. The highest BCUT2D eigenvalue weighted by atomic mass is 16.5. The van der Waals surface area contributed by atoms with Crippen LogP contribution in [-0.2, 0) is 57.6 Å². The summed E-state index contributed by atoms with van der Waals surface area (Å²) in [6.45, 7) is 5.41. The fourth-order valence-corrected chi connectivity index (χ4v) is 8.48. The Balaban J connectivity index is 1.20. The summed E-state index contributed by atoms with van der Waals surface area (Å²) in [5, 5.41) is 10.8. The van der Waals surface area contributed by atoms with Gasteiger partial charge in [0.15, 0.2) is 0 Å².